The van der Waals surface area contributed by atoms with Crippen LogP contribution in [0.2, 0.25) is 0 Å². The average Bonchev–Trinajstić information content (AvgIpc) is 2.56. The van der Waals surface area contributed by atoms with Crippen LogP contribution in [0.15, 0.2) is 33.7 Å². The molecule has 0 spiro atoms. The van der Waals surface area contributed by atoms with Gasteiger partial charge in [0, 0.05) is 37.1 Å². The highest BCUT2D eigenvalue weighted by atomic mass is 127. The zero-order valence-corrected chi connectivity index (χ0v) is 19.4. The lowest BCUT2D eigenvalue weighted by molar-refractivity contribution is -0.130. The summed E-state index contributed by atoms with van der Waals surface area (Å²) in [6, 6.07) is 8.31. The number of hydrogen-bond donors (Lipinski definition) is 2. The molecule has 0 aromatic heterocycles. The maximum atomic E-state index is 12.3. The Labute approximate surface area is 177 Å². The van der Waals surface area contributed by atoms with E-state index >= 15 is 0 Å². The first-order valence-corrected chi connectivity index (χ1v) is 9.29. The van der Waals surface area contributed by atoms with Crippen LogP contribution in [0.3, 0.4) is 0 Å². The minimum absolute atomic E-state index is 0. The summed E-state index contributed by atoms with van der Waals surface area (Å²) in [7, 11) is 1.83. The second-order valence-electron chi connectivity index (χ2n) is 5.81. The van der Waals surface area contributed by atoms with Gasteiger partial charge in [0.15, 0.2) is 5.96 Å². The Morgan fingerprint density at radius 1 is 1.32 bits per heavy atom. The van der Waals surface area contributed by atoms with Gasteiger partial charge in [0.2, 0.25) is 5.91 Å². The molecule has 0 fully saturated rings. The van der Waals surface area contributed by atoms with Gasteiger partial charge in [-0.25, -0.2) is 0 Å². The molecule has 7 heteroatoms. The lowest BCUT2D eigenvalue weighted by Gasteiger charge is -2.18. The van der Waals surface area contributed by atoms with Gasteiger partial charge in [-0.3, -0.25) is 9.79 Å². The second kappa shape index (κ2) is 13.4. The lowest BCUT2D eigenvalue weighted by atomic mass is 10.2. The number of carbonyl (C=O) groups excluding carboxylic acids is 1. The Kier molecular flexibility index (Phi) is 12.9. The minimum atomic E-state index is 0. The van der Waals surface area contributed by atoms with E-state index in [0.29, 0.717) is 25.6 Å². The molecular weight excluding hydrogens is 495 g/mol. The molecular formula is C18H30BrIN4O. The molecule has 0 aliphatic rings. The highest BCUT2D eigenvalue weighted by Crippen LogP contribution is 2.17. The molecule has 1 unspecified atom stereocenters. The highest BCUT2D eigenvalue weighted by molar-refractivity contribution is 14.0. The number of hydrogen-bond acceptors (Lipinski definition) is 2. The van der Waals surface area contributed by atoms with Gasteiger partial charge in [-0.2, -0.15) is 0 Å². The van der Waals surface area contributed by atoms with Crippen molar-refractivity contribution in [2.75, 3.05) is 20.1 Å². The number of aliphatic imine (C=N–C) groups is 1. The highest BCUT2D eigenvalue weighted by Gasteiger charge is 2.10. The monoisotopic (exact) mass is 524 g/mol. The van der Waals surface area contributed by atoms with Crippen molar-refractivity contribution in [3.05, 3.63) is 34.3 Å². The molecule has 5 nitrogen and oxygen atoms in total. The predicted octanol–water partition coefficient (Wildman–Crippen LogP) is 3.77. The number of carbonyl (C=O) groups is 1. The van der Waals surface area contributed by atoms with Gasteiger partial charge in [0.25, 0.3) is 0 Å². The van der Waals surface area contributed by atoms with Crippen LogP contribution in [0, 0.1) is 0 Å². The number of rotatable bonds is 8. The van der Waals surface area contributed by atoms with Gasteiger partial charge in [0.1, 0.15) is 0 Å². The molecule has 0 saturated carbocycles. The fourth-order valence-electron chi connectivity index (χ4n) is 2.08. The summed E-state index contributed by atoms with van der Waals surface area (Å²) in [5.41, 5.74) is 1.10. The Hall–Kier alpha value is -0.830. The van der Waals surface area contributed by atoms with Crippen molar-refractivity contribution in [1.82, 2.24) is 15.5 Å². The van der Waals surface area contributed by atoms with Crippen molar-refractivity contribution in [3.8, 4) is 0 Å². The zero-order valence-electron chi connectivity index (χ0n) is 15.5. The molecule has 0 aliphatic heterocycles. The summed E-state index contributed by atoms with van der Waals surface area (Å²) in [5.74, 6) is 0.863. The largest absolute Gasteiger partial charge is 0.357 e. The van der Waals surface area contributed by atoms with Crippen molar-refractivity contribution >= 4 is 51.8 Å². The maximum Gasteiger partial charge on any atom is 0.224 e. The molecule has 142 valence electrons. The van der Waals surface area contributed by atoms with E-state index < -0.39 is 0 Å². The number of nitrogens with zero attached hydrogens (tertiary/aromatic N) is 2. The number of amides is 1. The summed E-state index contributed by atoms with van der Waals surface area (Å²) in [6.07, 6.45) is 1.43. The van der Waals surface area contributed by atoms with E-state index in [4.69, 9.17) is 0 Å². The van der Waals surface area contributed by atoms with Gasteiger partial charge in [0.05, 0.1) is 6.54 Å². The van der Waals surface area contributed by atoms with E-state index in [1.54, 1.807) is 4.90 Å². The third-order valence-corrected chi connectivity index (χ3v) is 4.50. The summed E-state index contributed by atoms with van der Waals surface area (Å²) < 4.78 is 1.02. The van der Waals surface area contributed by atoms with E-state index in [2.05, 4.69) is 45.4 Å². The summed E-state index contributed by atoms with van der Waals surface area (Å²) in [4.78, 5) is 18.5. The molecule has 0 bridgehead atoms. The van der Waals surface area contributed by atoms with Crippen LogP contribution in [-0.2, 0) is 11.3 Å². The Bertz CT molecular complexity index is 554. The molecule has 1 amide bonds. The summed E-state index contributed by atoms with van der Waals surface area (Å²) in [5, 5.41) is 6.53. The Morgan fingerprint density at radius 3 is 2.60 bits per heavy atom. The van der Waals surface area contributed by atoms with Gasteiger partial charge < -0.3 is 15.5 Å². The molecule has 0 heterocycles. The first-order valence-electron chi connectivity index (χ1n) is 8.50. The van der Waals surface area contributed by atoms with Gasteiger partial charge in [-0.05, 0) is 31.9 Å². The topological polar surface area (TPSA) is 56.7 Å². The van der Waals surface area contributed by atoms with Gasteiger partial charge in [-0.1, -0.05) is 41.1 Å². The maximum absolute atomic E-state index is 12.3. The molecule has 0 aliphatic carbocycles. The molecule has 1 aromatic rings. The summed E-state index contributed by atoms with van der Waals surface area (Å²) in [6.45, 7) is 8.15. The van der Waals surface area contributed by atoms with Crippen molar-refractivity contribution in [2.45, 2.75) is 46.2 Å². The van der Waals surface area contributed by atoms with Crippen LogP contribution in [0.1, 0.15) is 39.2 Å². The molecule has 25 heavy (non-hydrogen) atoms. The van der Waals surface area contributed by atoms with Crippen LogP contribution in [0.25, 0.3) is 0 Å². The molecule has 0 radical (unpaired) electrons. The van der Waals surface area contributed by atoms with E-state index in [9.17, 15) is 4.79 Å². The molecule has 1 aromatic carbocycles. The molecule has 2 N–H and O–H groups in total. The number of halogens is 2. The quantitative estimate of drug-likeness (QED) is 0.309. The SMILES string of the molecule is CCNC(=NCCC(=O)N(C)Cc1ccccc1Br)NC(C)CC.I. The fourth-order valence-corrected chi connectivity index (χ4v) is 2.49. The minimum Gasteiger partial charge on any atom is -0.357 e. The van der Waals surface area contributed by atoms with Crippen LogP contribution in [0.5, 0.6) is 0 Å². The number of nitrogens with one attached hydrogen (secondary N) is 2. The fraction of sp³-hybridized carbons (Fsp3) is 0.556. The van der Waals surface area contributed by atoms with Gasteiger partial charge >= 0.3 is 0 Å². The van der Waals surface area contributed by atoms with Crippen molar-refractivity contribution in [2.24, 2.45) is 4.99 Å². The van der Waals surface area contributed by atoms with E-state index in [0.717, 1.165) is 29.0 Å². The summed E-state index contributed by atoms with van der Waals surface area (Å²) >= 11 is 3.52. The first kappa shape index (κ1) is 24.2. The smallest absolute Gasteiger partial charge is 0.224 e. The standard InChI is InChI=1S/C18H29BrN4O.HI/c1-5-14(3)22-18(20-6-2)21-12-11-17(24)23(4)13-15-9-7-8-10-16(15)19;/h7-10,14H,5-6,11-13H2,1-4H3,(H2,20,21,22);1H. The average molecular weight is 525 g/mol. The van der Waals surface area contributed by atoms with Crippen LogP contribution in [-0.4, -0.2) is 42.9 Å². The van der Waals surface area contributed by atoms with Gasteiger partial charge in [-0.15, -0.1) is 24.0 Å². The third kappa shape index (κ3) is 9.44. The molecule has 0 saturated heterocycles. The molecule has 1 rings (SSSR count). The van der Waals surface area contributed by atoms with Crippen molar-refractivity contribution < 1.29 is 4.79 Å². The van der Waals surface area contributed by atoms with Crippen LogP contribution >= 0.6 is 39.9 Å². The second-order valence-corrected chi connectivity index (χ2v) is 6.66. The number of benzene rings is 1. The third-order valence-electron chi connectivity index (χ3n) is 3.73. The number of guanidine groups is 1. The van der Waals surface area contributed by atoms with Crippen molar-refractivity contribution in [1.29, 1.82) is 0 Å². The normalized spacial score (nSPS) is 12.1. The van der Waals surface area contributed by atoms with E-state index in [1.807, 2.05) is 38.2 Å². The first-order chi connectivity index (χ1) is 11.5. The predicted molar refractivity (Wildman–Crippen MR) is 120 cm³/mol. The lowest BCUT2D eigenvalue weighted by Crippen LogP contribution is -2.42. The van der Waals surface area contributed by atoms with E-state index in [-0.39, 0.29) is 29.9 Å². The van der Waals surface area contributed by atoms with E-state index in [1.165, 1.54) is 0 Å². The Morgan fingerprint density at radius 2 is 2.00 bits per heavy atom. The Balaban J connectivity index is 0.00000576. The van der Waals surface area contributed by atoms with Crippen molar-refractivity contribution in [3.63, 3.8) is 0 Å². The molecule has 1 atom stereocenters. The van der Waals surface area contributed by atoms with Crippen LogP contribution < -0.4 is 10.6 Å². The van der Waals surface area contributed by atoms with Crippen LogP contribution in [0.4, 0.5) is 0 Å². The zero-order chi connectivity index (χ0) is 17.9.